The first-order valence-corrected chi connectivity index (χ1v) is 10.1. The summed E-state index contributed by atoms with van der Waals surface area (Å²) in [6.45, 7) is 3.35. The third kappa shape index (κ3) is 3.07. The lowest BCUT2D eigenvalue weighted by Gasteiger charge is -2.45. The van der Waals surface area contributed by atoms with Crippen molar-refractivity contribution in [1.29, 1.82) is 0 Å². The summed E-state index contributed by atoms with van der Waals surface area (Å²) in [7, 11) is 0. The van der Waals surface area contributed by atoms with Gasteiger partial charge in [-0.15, -0.1) is 11.8 Å². The molecule has 3 saturated heterocycles. The Balaban J connectivity index is 1.52. The average molecular weight is 379 g/mol. The summed E-state index contributed by atoms with van der Waals surface area (Å²) in [5.41, 5.74) is 7.28. The van der Waals surface area contributed by atoms with E-state index in [4.69, 9.17) is 17.0 Å². The first kappa shape index (κ1) is 16.9. The van der Waals surface area contributed by atoms with Gasteiger partial charge in [-0.1, -0.05) is 19.1 Å². The highest BCUT2D eigenvalue weighted by molar-refractivity contribution is 8.00. The fraction of sp³-hybridized carbons (Fsp3) is 0.529. The molecule has 8 heteroatoms. The largest absolute Gasteiger partial charge is 0.494 e. The minimum absolute atomic E-state index is 0.0249. The second-order valence-corrected chi connectivity index (χ2v) is 8.10. The van der Waals surface area contributed by atoms with Crippen LogP contribution in [0.2, 0.25) is 0 Å². The van der Waals surface area contributed by atoms with Gasteiger partial charge in [0.05, 0.1) is 12.6 Å². The van der Waals surface area contributed by atoms with E-state index in [0.717, 1.165) is 29.9 Å². The third-order valence-electron chi connectivity index (χ3n) is 4.79. The summed E-state index contributed by atoms with van der Waals surface area (Å²) in [5, 5.41) is 0.659. The van der Waals surface area contributed by atoms with Crippen LogP contribution in [0.15, 0.2) is 24.3 Å². The summed E-state index contributed by atoms with van der Waals surface area (Å²) >= 11 is 7.19. The minimum Gasteiger partial charge on any atom is -0.494 e. The molecule has 2 N–H and O–H groups in total. The molecular weight excluding hydrogens is 356 g/mol. The van der Waals surface area contributed by atoms with Gasteiger partial charge >= 0.3 is 0 Å². The highest BCUT2D eigenvalue weighted by atomic mass is 32.2. The predicted octanol–water partition coefficient (Wildman–Crippen LogP) is 1.67. The number of nitrogens with one attached hydrogen (secondary N) is 2. The summed E-state index contributed by atoms with van der Waals surface area (Å²) < 4.78 is 5.63. The maximum atomic E-state index is 13.0. The molecule has 3 aliphatic rings. The van der Waals surface area contributed by atoms with E-state index in [1.807, 2.05) is 29.2 Å². The lowest BCUT2D eigenvalue weighted by atomic mass is 10.0. The van der Waals surface area contributed by atoms with Gasteiger partial charge in [0.2, 0.25) is 5.91 Å². The number of ether oxygens (including phenoxy) is 1. The second kappa shape index (κ2) is 7.01. The number of carbonyl (C=O) groups excluding carboxylic acids is 1. The number of carbonyl (C=O) groups is 1. The van der Waals surface area contributed by atoms with Gasteiger partial charge in [-0.2, -0.15) is 5.43 Å². The van der Waals surface area contributed by atoms with Gasteiger partial charge in [-0.25, -0.2) is 0 Å². The molecule has 0 saturated carbocycles. The molecule has 0 aliphatic carbocycles. The Morgan fingerprint density at radius 1 is 1.36 bits per heavy atom. The molecular formula is C17H22N4O2S2. The fourth-order valence-electron chi connectivity index (χ4n) is 3.59. The van der Waals surface area contributed by atoms with Gasteiger partial charge in [-0.05, 0) is 48.5 Å². The van der Waals surface area contributed by atoms with E-state index in [1.54, 1.807) is 11.8 Å². The van der Waals surface area contributed by atoms with Crippen LogP contribution in [0.4, 0.5) is 0 Å². The average Bonchev–Trinajstić information content (AvgIpc) is 3.24. The van der Waals surface area contributed by atoms with Crippen LogP contribution in [0.5, 0.6) is 5.75 Å². The summed E-state index contributed by atoms with van der Waals surface area (Å²) in [5.74, 6) is 2.06. The van der Waals surface area contributed by atoms with Crippen molar-refractivity contribution in [1.82, 2.24) is 20.7 Å². The molecule has 3 heterocycles. The van der Waals surface area contributed by atoms with Crippen molar-refractivity contribution in [3.63, 3.8) is 0 Å². The van der Waals surface area contributed by atoms with Gasteiger partial charge in [0.15, 0.2) is 11.4 Å². The Labute approximate surface area is 157 Å². The van der Waals surface area contributed by atoms with Crippen LogP contribution < -0.4 is 15.6 Å². The lowest BCUT2D eigenvalue weighted by molar-refractivity contribution is -0.144. The van der Waals surface area contributed by atoms with Crippen LogP contribution in [0.3, 0.4) is 0 Å². The molecule has 134 valence electrons. The zero-order valence-corrected chi connectivity index (χ0v) is 15.7. The van der Waals surface area contributed by atoms with Gasteiger partial charge in [0, 0.05) is 6.54 Å². The van der Waals surface area contributed by atoms with Crippen molar-refractivity contribution in [3.05, 3.63) is 29.8 Å². The standard InChI is InChI=1S/C17H22N4O2S2/c1-2-8-23-12-5-3-11(4-6-12)10-20-15(22)14-13(7-9-25-14)21-16(20)18-19-17(21)24/h3-6,13-14,16,18H,2,7-10H2,1H3,(H,19,24). The molecule has 0 aromatic heterocycles. The number of amides is 1. The molecule has 3 atom stereocenters. The van der Waals surface area contributed by atoms with Crippen LogP contribution in [-0.2, 0) is 11.3 Å². The molecule has 3 fully saturated rings. The second-order valence-electron chi connectivity index (χ2n) is 6.46. The van der Waals surface area contributed by atoms with Crippen molar-refractivity contribution in [2.75, 3.05) is 12.4 Å². The molecule has 3 unspecified atom stereocenters. The van der Waals surface area contributed by atoms with E-state index >= 15 is 0 Å². The van der Waals surface area contributed by atoms with E-state index in [9.17, 15) is 4.79 Å². The SMILES string of the molecule is CCCOc1ccc(CN2C(=O)C3SCCC3N3C(=S)NNC23)cc1. The van der Waals surface area contributed by atoms with E-state index in [1.165, 1.54) is 0 Å². The molecule has 3 aliphatic heterocycles. The molecule has 4 rings (SSSR count). The van der Waals surface area contributed by atoms with Crippen LogP contribution in [-0.4, -0.2) is 50.8 Å². The van der Waals surface area contributed by atoms with E-state index in [-0.39, 0.29) is 23.5 Å². The van der Waals surface area contributed by atoms with E-state index in [2.05, 4.69) is 22.7 Å². The monoisotopic (exact) mass is 378 g/mol. The van der Waals surface area contributed by atoms with E-state index in [0.29, 0.717) is 18.3 Å². The third-order valence-corrected chi connectivity index (χ3v) is 6.45. The number of fused-ring (bicyclic) bond motifs is 3. The smallest absolute Gasteiger partial charge is 0.240 e. The Bertz CT molecular complexity index is 669. The number of hydrazine groups is 1. The van der Waals surface area contributed by atoms with Gasteiger partial charge in [0.25, 0.3) is 0 Å². The van der Waals surface area contributed by atoms with Crippen molar-refractivity contribution in [2.45, 2.75) is 43.9 Å². The maximum Gasteiger partial charge on any atom is 0.240 e. The van der Waals surface area contributed by atoms with Gasteiger partial charge in [0.1, 0.15) is 11.0 Å². The molecule has 1 amide bonds. The molecule has 1 aromatic carbocycles. The molecule has 1 aromatic rings. The number of thiocarbonyl (C=S) groups is 1. The van der Waals surface area contributed by atoms with Crippen molar-refractivity contribution >= 4 is 35.0 Å². The number of benzene rings is 1. The van der Waals surface area contributed by atoms with Crippen LogP contribution >= 0.6 is 24.0 Å². The van der Waals surface area contributed by atoms with E-state index < -0.39 is 0 Å². The van der Waals surface area contributed by atoms with Gasteiger partial charge in [-0.3, -0.25) is 10.2 Å². The Hall–Kier alpha value is -1.51. The molecule has 25 heavy (non-hydrogen) atoms. The molecule has 6 nitrogen and oxygen atoms in total. The van der Waals surface area contributed by atoms with Crippen LogP contribution in [0.1, 0.15) is 25.3 Å². The van der Waals surface area contributed by atoms with Crippen LogP contribution in [0, 0.1) is 0 Å². The molecule has 0 radical (unpaired) electrons. The highest BCUT2D eigenvalue weighted by Crippen LogP contribution is 2.38. The Morgan fingerprint density at radius 3 is 2.92 bits per heavy atom. The topological polar surface area (TPSA) is 56.8 Å². The summed E-state index contributed by atoms with van der Waals surface area (Å²) in [6.07, 6.45) is 1.77. The lowest BCUT2D eigenvalue weighted by Crippen LogP contribution is -2.65. The number of rotatable bonds is 5. The number of hydrogen-bond acceptors (Lipinski definition) is 5. The normalized spacial score (nSPS) is 28.0. The number of hydrogen-bond donors (Lipinski definition) is 2. The van der Waals surface area contributed by atoms with Crippen molar-refractivity contribution in [2.24, 2.45) is 0 Å². The molecule has 0 bridgehead atoms. The van der Waals surface area contributed by atoms with Crippen molar-refractivity contribution < 1.29 is 9.53 Å². The zero-order chi connectivity index (χ0) is 17.4. The van der Waals surface area contributed by atoms with Gasteiger partial charge < -0.3 is 14.5 Å². The first-order chi connectivity index (χ1) is 12.2. The minimum atomic E-state index is -0.212. The maximum absolute atomic E-state index is 13.0. The molecule has 0 spiro atoms. The van der Waals surface area contributed by atoms with Crippen LogP contribution in [0.25, 0.3) is 0 Å². The predicted molar refractivity (Wildman–Crippen MR) is 102 cm³/mol. The quantitative estimate of drug-likeness (QED) is 0.756. The first-order valence-electron chi connectivity index (χ1n) is 8.66. The number of thioether (sulfide) groups is 1. The highest BCUT2D eigenvalue weighted by Gasteiger charge is 2.52. The van der Waals surface area contributed by atoms with Crippen molar-refractivity contribution in [3.8, 4) is 5.75 Å². The zero-order valence-electron chi connectivity index (χ0n) is 14.1. The Morgan fingerprint density at radius 2 is 2.16 bits per heavy atom. The fourth-order valence-corrected chi connectivity index (χ4v) is 5.28. The Kier molecular flexibility index (Phi) is 4.75. The summed E-state index contributed by atoms with van der Waals surface area (Å²) in [4.78, 5) is 17.0. The number of nitrogens with zero attached hydrogens (tertiary/aromatic N) is 2. The summed E-state index contributed by atoms with van der Waals surface area (Å²) in [6, 6.07) is 8.18.